The van der Waals surface area contributed by atoms with Crippen molar-refractivity contribution >= 4 is 0 Å². The summed E-state index contributed by atoms with van der Waals surface area (Å²) in [6.07, 6.45) is 0.991. The molecule has 0 aliphatic heterocycles. The molecule has 0 saturated heterocycles. The lowest BCUT2D eigenvalue weighted by molar-refractivity contribution is -0.142. The van der Waals surface area contributed by atoms with Crippen molar-refractivity contribution in [3.8, 4) is 0 Å². The van der Waals surface area contributed by atoms with Gasteiger partial charge in [0.05, 0.1) is 19.5 Å². The van der Waals surface area contributed by atoms with E-state index >= 15 is 0 Å². The van der Waals surface area contributed by atoms with Crippen LogP contribution in [0, 0.1) is 0 Å². The van der Waals surface area contributed by atoms with Crippen molar-refractivity contribution in [2.24, 2.45) is 0 Å². The molecular formula is C10H20O4. The minimum absolute atomic E-state index is 0.362. The van der Waals surface area contributed by atoms with Gasteiger partial charge in [0.1, 0.15) is 6.61 Å². The van der Waals surface area contributed by atoms with Crippen LogP contribution >= 0.6 is 0 Å². The molecule has 4 nitrogen and oxygen atoms in total. The zero-order valence-electron chi connectivity index (χ0n) is 9.03. The molecular weight excluding hydrogens is 184 g/mol. The Morgan fingerprint density at radius 2 is 1.86 bits per heavy atom. The van der Waals surface area contributed by atoms with Crippen molar-refractivity contribution in [1.82, 2.24) is 0 Å². The Morgan fingerprint density at radius 3 is 2.43 bits per heavy atom. The fourth-order valence-corrected chi connectivity index (χ4v) is 0.862. The molecule has 0 rings (SSSR count). The van der Waals surface area contributed by atoms with Crippen molar-refractivity contribution in [3.63, 3.8) is 0 Å². The Balaban J connectivity index is 3.35. The molecule has 0 amide bonds. The maximum absolute atomic E-state index is 5.28. The van der Waals surface area contributed by atoms with E-state index in [1.165, 1.54) is 6.26 Å². The third-order valence-electron chi connectivity index (χ3n) is 1.43. The van der Waals surface area contributed by atoms with E-state index in [1.807, 2.05) is 13.8 Å². The van der Waals surface area contributed by atoms with Gasteiger partial charge in [0.2, 0.25) is 6.29 Å². The van der Waals surface area contributed by atoms with E-state index < -0.39 is 0 Å². The lowest BCUT2D eigenvalue weighted by Crippen LogP contribution is -2.22. The third-order valence-corrected chi connectivity index (χ3v) is 1.43. The van der Waals surface area contributed by atoms with Crippen molar-refractivity contribution in [2.45, 2.75) is 20.1 Å². The summed E-state index contributed by atoms with van der Waals surface area (Å²) in [5.74, 6) is 0. The normalized spacial score (nSPS) is 12.4. The summed E-state index contributed by atoms with van der Waals surface area (Å²) in [5.41, 5.74) is 0. The molecule has 14 heavy (non-hydrogen) atoms. The van der Waals surface area contributed by atoms with Gasteiger partial charge in [-0.1, -0.05) is 6.58 Å². The summed E-state index contributed by atoms with van der Waals surface area (Å²) in [5, 5.41) is 0. The average molecular weight is 204 g/mol. The maximum Gasteiger partial charge on any atom is 0.222 e. The second-order valence-electron chi connectivity index (χ2n) is 2.46. The molecule has 0 heterocycles. The average Bonchev–Trinajstić information content (AvgIpc) is 2.18. The molecule has 0 aliphatic rings. The number of hydrogen-bond donors (Lipinski definition) is 0. The van der Waals surface area contributed by atoms with E-state index in [4.69, 9.17) is 18.9 Å². The molecule has 0 spiro atoms. The molecule has 0 aromatic rings. The predicted octanol–water partition coefficient (Wildman–Crippen LogP) is 1.56. The Morgan fingerprint density at radius 1 is 1.14 bits per heavy atom. The Labute approximate surface area is 85.8 Å². The van der Waals surface area contributed by atoms with Gasteiger partial charge < -0.3 is 18.9 Å². The van der Waals surface area contributed by atoms with Crippen LogP contribution in [0.1, 0.15) is 13.8 Å². The topological polar surface area (TPSA) is 36.9 Å². The van der Waals surface area contributed by atoms with E-state index in [0.29, 0.717) is 33.0 Å². The molecule has 0 saturated carbocycles. The SMILES string of the molecule is C=COC(COCCOCC)OCC. The molecule has 0 radical (unpaired) electrons. The van der Waals surface area contributed by atoms with Crippen molar-refractivity contribution in [1.29, 1.82) is 0 Å². The minimum Gasteiger partial charge on any atom is -0.471 e. The zero-order chi connectivity index (χ0) is 10.6. The van der Waals surface area contributed by atoms with Crippen LogP contribution in [0.15, 0.2) is 12.8 Å². The largest absolute Gasteiger partial charge is 0.471 e. The summed E-state index contributed by atoms with van der Waals surface area (Å²) < 4.78 is 20.7. The molecule has 1 atom stereocenters. The lowest BCUT2D eigenvalue weighted by Gasteiger charge is -2.16. The third kappa shape index (κ3) is 8.04. The van der Waals surface area contributed by atoms with Gasteiger partial charge in [-0.3, -0.25) is 0 Å². The molecule has 0 aromatic heterocycles. The smallest absolute Gasteiger partial charge is 0.222 e. The maximum atomic E-state index is 5.28. The summed E-state index contributed by atoms with van der Waals surface area (Å²) in [6.45, 7) is 10.2. The van der Waals surface area contributed by atoms with E-state index in [-0.39, 0.29) is 6.29 Å². The fraction of sp³-hybridized carbons (Fsp3) is 0.800. The number of hydrogen-bond acceptors (Lipinski definition) is 4. The van der Waals surface area contributed by atoms with Crippen molar-refractivity contribution in [3.05, 3.63) is 12.8 Å². The summed E-state index contributed by atoms with van der Waals surface area (Å²) in [7, 11) is 0. The van der Waals surface area contributed by atoms with Gasteiger partial charge in [0, 0.05) is 13.2 Å². The molecule has 0 aliphatic carbocycles. The summed E-state index contributed by atoms with van der Waals surface area (Å²) in [6, 6.07) is 0. The first kappa shape index (κ1) is 13.4. The van der Waals surface area contributed by atoms with E-state index in [0.717, 1.165) is 0 Å². The minimum atomic E-state index is -0.362. The van der Waals surface area contributed by atoms with Gasteiger partial charge in [0.15, 0.2) is 0 Å². The van der Waals surface area contributed by atoms with Crippen molar-refractivity contribution < 1.29 is 18.9 Å². The monoisotopic (exact) mass is 204 g/mol. The highest BCUT2D eigenvalue weighted by Crippen LogP contribution is 1.96. The van der Waals surface area contributed by atoms with Gasteiger partial charge in [-0.15, -0.1) is 0 Å². The van der Waals surface area contributed by atoms with Crippen molar-refractivity contribution in [2.75, 3.05) is 33.0 Å². The van der Waals surface area contributed by atoms with Crippen LogP contribution in [-0.4, -0.2) is 39.3 Å². The highest BCUT2D eigenvalue weighted by atomic mass is 16.7. The van der Waals surface area contributed by atoms with Gasteiger partial charge in [-0.25, -0.2) is 0 Å². The van der Waals surface area contributed by atoms with Crippen LogP contribution in [0.5, 0.6) is 0 Å². The molecule has 0 bridgehead atoms. The van der Waals surface area contributed by atoms with E-state index in [1.54, 1.807) is 0 Å². The number of rotatable bonds is 10. The van der Waals surface area contributed by atoms with E-state index in [2.05, 4.69) is 6.58 Å². The molecule has 84 valence electrons. The van der Waals surface area contributed by atoms with Gasteiger partial charge >= 0.3 is 0 Å². The van der Waals surface area contributed by atoms with E-state index in [9.17, 15) is 0 Å². The molecule has 4 heteroatoms. The molecule has 0 fully saturated rings. The van der Waals surface area contributed by atoms with Crippen LogP contribution in [0.25, 0.3) is 0 Å². The molecule has 1 unspecified atom stereocenters. The standard InChI is InChI=1S/C10H20O4/c1-4-11-7-8-12-9-10(13-5-2)14-6-3/h5,10H,2,4,6-9H2,1,3H3. The Kier molecular flexibility index (Phi) is 10.1. The van der Waals surface area contributed by atoms with Crippen LogP contribution in [0.4, 0.5) is 0 Å². The fourth-order valence-electron chi connectivity index (χ4n) is 0.862. The second kappa shape index (κ2) is 10.5. The van der Waals surface area contributed by atoms with Crippen LogP contribution < -0.4 is 0 Å². The Hall–Kier alpha value is -0.580. The summed E-state index contributed by atoms with van der Waals surface area (Å²) >= 11 is 0. The molecule has 0 N–H and O–H groups in total. The Bertz CT molecular complexity index is 127. The van der Waals surface area contributed by atoms with Crippen LogP contribution in [0.2, 0.25) is 0 Å². The second-order valence-corrected chi connectivity index (χ2v) is 2.46. The van der Waals surface area contributed by atoms with Gasteiger partial charge in [-0.2, -0.15) is 0 Å². The molecule has 0 aromatic carbocycles. The first-order chi connectivity index (χ1) is 6.85. The van der Waals surface area contributed by atoms with Crippen LogP contribution in [-0.2, 0) is 18.9 Å². The van der Waals surface area contributed by atoms with Crippen LogP contribution in [0.3, 0.4) is 0 Å². The zero-order valence-corrected chi connectivity index (χ0v) is 9.03. The predicted molar refractivity (Wildman–Crippen MR) is 54.0 cm³/mol. The first-order valence-electron chi connectivity index (χ1n) is 4.88. The lowest BCUT2D eigenvalue weighted by atomic mass is 10.6. The first-order valence-corrected chi connectivity index (χ1v) is 4.88. The van der Waals surface area contributed by atoms with Gasteiger partial charge in [-0.05, 0) is 13.8 Å². The highest BCUT2D eigenvalue weighted by Gasteiger charge is 2.06. The summed E-state index contributed by atoms with van der Waals surface area (Å²) in [4.78, 5) is 0. The van der Waals surface area contributed by atoms with Gasteiger partial charge in [0.25, 0.3) is 0 Å². The number of ether oxygens (including phenoxy) is 4. The quantitative estimate of drug-likeness (QED) is 0.307. The highest BCUT2D eigenvalue weighted by molar-refractivity contribution is 4.53.